The maximum absolute atomic E-state index is 6.53. The number of rotatable bonds is 7. The predicted molar refractivity (Wildman–Crippen MR) is 265 cm³/mol. The molecule has 0 atom stereocenters. The molecule has 0 saturated heterocycles. The van der Waals surface area contributed by atoms with Gasteiger partial charge >= 0.3 is 0 Å². The summed E-state index contributed by atoms with van der Waals surface area (Å²) >= 11 is 1.78. The summed E-state index contributed by atoms with van der Waals surface area (Å²) in [6.07, 6.45) is 0. The molecule has 9 aromatic carbocycles. The molecule has 0 bridgehead atoms. The zero-order chi connectivity index (χ0) is 42.1. The molecule has 0 N–H and O–H groups in total. The summed E-state index contributed by atoms with van der Waals surface area (Å²) in [4.78, 5) is 18.7. The molecule has 4 aromatic heterocycles. The van der Waals surface area contributed by atoms with Crippen LogP contribution >= 0.6 is 11.3 Å². The first-order valence-corrected chi connectivity index (χ1v) is 22.2. The van der Waals surface area contributed by atoms with E-state index >= 15 is 0 Å². The van der Waals surface area contributed by atoms with E-state index < -0.39 is 0 Å². The van der Waals surface area contributed by atoms with E-state index in [0.717, 1.165) is 87.8 Å². The minimum Gasteiger partial charge on any atom is -0.456 e. The Morgan fingerprint density at radius 2 is 1.02 bits per heavy atom. The molecule has 7 heteroatoms. The monoisotopic (exact) mass is 837 g/mol. The maximum atomic E-state index is 6.53. The number of para-hydroxylation sites is 3. The van der Waals surface area contributed by atoms with Crippen molar-refractivity contribution in [3.63, 3.8) is 0 Å². The number of anilines is 3. The Kier molecular flexibility index (Phi) is 8.29. The van der Waals surface area contributed by atoms with Gasteiger partial charge in [-0.15, -0.1) is 11.3 Å². The van der Waals surface area contributed by atoms with Crippen LogP contribution in [0.15, 0.2) is 217 Å². The highest BCUT2D eigenvalue weighted by Crippen LogP contribution is 2.48. The van der Waals surface area contributed by atoms with Crippen LogP contribution in [-0.2, 0) is 0 Å². The van der Waals surface area contributed by atoms with Crippen LogP contribution in [-0.4, -0.2) is 19.5 Å². The minimum absolute atomic E-state index is 0.499. The molecule has 0 saturated carbocycles. The number of hydrogen-bond donors (Lipinski definition) is 0. The van der Waals surface area contributed by atoms with E-state index in [-0.39, 0.29) is 0 Å². The lowest BCUT2D eigenvalue weighted by Crippen LogP contribution is -2.15. The Morgan fingerprint density at radius 1 is 0.406 bits per heavy atom. The number of fused-ring (bicyclic) bond motifs is 9. The van der Waals surface area contributed by atoms with Gasteiger partial charge in [-0.05, 0) is 65.7 Å². The van der Waals surface area contributed by atoms with Crippen LogP contribution in [0, 0.1) is 0 Å². The largest absolute Gasteiger partial charge is 0.456 e. The molecule has 6 nitrogen and oxygen atoms in total. The third kappa shape index (κ3) is 5.75. The molecule has 300 valence electrons. The SMILES string of the molecule is c1ccc(-c2ccc(-c3nc(-c4cccc5c4c4ccccc4n5-c4ccccc4)nc(N(c4cccc5c4sc4ccccc45)c4cccc5oc6ccccc6c45)n3)cc2)cc1. The summed E-state index contributed by atoms with van der Waals surface area (Å²) in [5.41, 5.74) is 10.8. The quantitative estimate of drug-likeness (QED) is 0.160. The van der Waals surface area contributed by atoms with Gasteiger partial charge in [-0.3, -0.25) is 4.90 Å². The zero-order valence-electron chi connectivity index (χ0n) is 34.3. The molecule has 0 aliphatic heterocycles. The van der Waals surface area contributed by atoms with E-state index in [9.17, 15) is 0 Å². The smallest absolute Gasteiger partial charge is 0.238 e. The molecule has 0 spiro atoms. The van der Waals surface area contributed by atoms with E-state index in [4.69, 9.17) is 19.4 Å². The number of nitrogens with zero attached hydrogens (tertiary/aromatic N) is 5. The molecular weight excluding hydrogens is 803 g/mol. The summed E-state index contributed by atoms with van der Waals surface area (Å²) in [5.74, 6) is 1.64. The number of thiophene rings is 1. The Hall–Kier alpha value is -8.39. The van der Waals surface area contributed by atoms with Crippen LogP contribution in [0.25, 0.3) is 104 Å². The first-order valence-electron chi connectivity index (χ1n) is 21.4. The lowest BCUT2D eigenvalue weighted by Gasteiger charge is -2.25. The minimum atomic E-state index is 0.499. The van der Waals surface area contributed by atoms with Gasteiger partial charge in [0.2, 0.25) is 5.95 Å². The second-order valence-electron chi connectivity index (χ2n) is 15.9. The van der Waals surface area contributed by atoms with E-state index in [1.807, 2.05) is 24.3 Å². The molecule has 13 rings (SSSR count). The predicted octanol–water partition coefficient (Wildman–Crippen LogP) is 15.7. The van der Waals surface area contributed by atoms with Crippen molar-refractivity contribution < 1.29 is 4.42 Å². The van der Waals surface area contributed by atoms with Crippen molar-refractivity contribution in [3.05, 3.63) is 212 Å². The lowest BCUT2D eigenvalue weighted by molar-refractivity contribution is 0.669. The molecular formula is C57H35N5OS. The fourth-order valence-electron chi connectivity index (χ4n) is 9.41. The van der Waals surface area contributed by atoms with Gasteiger partial charge in [-0.1, -0.05) is 158 Å². The van der Waals surface area contributed by atoms with Crippen molar-refractivity contribution in [2.75, 3.05) is 4.90 Å². The third-order valence-corrected chi connectivity index (χ3v) is 13.5. The Labute approximate surface area is 371 Å². The fraction of sp³-hybridized carbons (Fsp3) is 0. The third-order valence-electron chi connectivity index (χ3n) is 12.3. The summed E-state index contributed by atoms with van der Waals surface area (Å²) in [6.45, 7) is 0. The van der Waals surface area contributed by atoms with Crippen LogP contribution in [0.5, 0.6) is 0 Å². The van der Waals surface area contributed by atoms with Gasteiger partial charge in [-0.25, -0.2) is 4.98 Å². The zero-order valence-corrected chi connectivity index (χ0v) is 35.1. The van der Waals surface area contributed by atoms with E-state index in [1.54, 1.807) is 11.3 Å². The summed E-state index contributed by atoms with van der Waals surface area (Å²) < 4.78 is 11.2. The lowest BCUT2D eigenvalue weighted by atomic mass is 10.0. The molecule has 0 aliphatic rings. The highest BCUT2D eigenvalue weighted by atomic mass is 32.1. The maximum Gasteiger partial charge on any atom is 0.238 e. The first kappa shape index (κ1) is 36.3. The normalized spacial score (nSPS) is 11.8. The molecule has 0 aliphatic carbocycles. The number of aromatic nitrogens is 4. The van der Waals surface area contributed by atoms with Crippen LogP contribution in [0.1, 0.15) is 0 Å². The number of hydrogen-bond acceptors (Lipinski definition) is 6. The van der Waals surface area contributed by atoms with E-state index in [1.165, 1.54) is 15.5 Å². The molecule has 0 unspecified atom stereocenters. The Bertz CT molecular complexity index is 3910. The Balaban J connectivity index is 1.13. The van der Waals surface area contributed by atoms with Crippen molar-refractivity contribution in [2.24, 2.45) is 0 Å². The van der Waals surface area contributed by atoms with Crippen LogP contribution in [0.4, 0.5) is 17.3 Å². The average molecular weight is 838 g/mol. The van der Waals surface area contributed by atoms with Gasteiger partial charge in [0.15, 0.2) is 11.6 Å². The Morgan fingerprint density at radius 3 is 1.88 bits per heavy atom. The van der Waals surface area contributed by atoms with Gasteiger partial charge in [0, 0.05) is 48.4 Å². The van der Waals surface area contributed by atoms with Crippen LogP contribution in [0.2, 0.25) is 0 Å². The van der Waals surface area contributed by atoms with Gasteiger partial charge in [0.25, 0.3) is 0 Å². The second-order valence-corrected chi connectivity index (χ2v) is 17.0. The van der Waals surface area contributed by atoms with Gasteiger partial charge in [0.1, 0.15) is 11.2 Å². The van der Waals surface area contributed by atoms with Gasteiger partial charge in [0.05, 0.1) is 32.5 Å². The molecule has 0 amide bonds. The summed E-state index contributed by atoms with van der Waals surface area (Å²) in [6, 6.07) is 74.2. The number of furan rings is 1. The molecule has 0 radical (unpaired) electrons. The highest BCUT2D eigenvalue weighted by Gasteiger charge is 2.27. The topological polar surface area (TPSA) is 60.0 Å². The van der Waals surface area contributed by atoms with E-state index in [0.29, 0.717) is 17.6 Å². The van der Waals surface area contributed by atoms with Crippen molar-refractivity contribution in [2.45, 2.75) is 0 Å². The van der Waals surface area contributed by atoms with E-state index in [2.05, 4.69) is 198 Å². The fourth-order valence-corrected chi connectivity index (χ4v) is 10.6. The van der Waals surface area contributed by atoms with Gasteiger partial charge in [-0.2, -0.15) is 9.97 Å². The van der Waals surface area contributed by atoms with Crippen LogP contribution in [0.3, 0.4) is 0 Å². The second kappa shape index (κ2) is 14.6. The first-order chi connectivity index (χ1) is 31.7. The van der Waals surface area contributed by atoms with Crippen LogP contribution < -0.4 is 4.90 Å². The average Bonchev–Trinajstić information content (AvgIpc) is 4.05. The summed E-state index contributed by atoms with van der Waals surface area (Å²) in [5, 5.41) is 6.59. The number of benzene rings is 9. The van der Waals surface area contributed by atoms with Crippen molar-refractivity contribution in [1.29, 1.82) is 0 Å². The van der Waals surface area contributed by atoms with Crippen molar-refractivity contribution in [1.82, 2.24) is 19.5 Å². The van der Waals surface area contributed by atoms with Crippen molar-refractivity contribution in [3.8, 4) is 39.6 Å². The standard InChI is InChI=1S/C57H35N5OS/c1-3-16-36(17-4-1)37-32-34-38(35-33-37)55-58-56(44-24-14-26-46-52(44)42-21-7-10-25-45(42)61(46)39-18-5-2-6-19-39)60-57(59-55)62(47-27-15-30-50-53(47)43-22-8-11-29-49(43)63-50)48-28-13-23-41-40-20-9-12-31-51(40)64-54(41)48/h1-35H. The highest BCUT2D eigenvalue weighted by molar-refractivity contribution is 7.26. The summed E-state index contributed by atoms with van der Waals surface area (Å²) in [7, 11) is 0. The molecule has 13 aromatic rings. The molecule has 0 fully saturated rings. The van der Waals surface area contributed by atoms with Crippen molar-refractivity contribution >= 4 is 92.6 Å². The molecule has 4 heterocycles. The molecule has 64 heavy (non-hydrogen) atoms. The van der Waals surface area contributed by atoms with Gasteiger partial charge < -0.3 is 8.98 Å².